The summed E-state index contributed by atoms with van der Waals surface area (Å²) in [5.74, 6) is 0. The van der Waals surface area contributed by atoms with E-state index in [1.165, 1.54) is 5.56 Å². The maximum Gasteiger partial charge on any atom is 0.293 e. The van der Waals surface area contributed by atoms with E-state index in [0.717, 1.165) is 37.2 Å². The summed E-state index contributed by atoms with van der Waals surface area (Å²) in [6.45, 7) is 4.23. The molecular weight excluding hydrogens is 360 g/mol. The third-order valence-corrected chi connectivity index (χ3v) is 4.50. The van der Waals surface area contributed by atoms with E-state index in [-0.39, 0.29) is 10.6 Å². The second-order valence-electron chi connectivity index (χ2n) is 5.51. The number of nitro groups is 1. The Morgan fingerprint density at radius 2 is 1.83 bits per heavy atom. The highest BCUT2D eigenvalue weighted by Gasteiger charge is 2.23. The lowest BCUT2D eigenvalue weighted by atomic mass is 10.2. The highest BCUT2D eigenvalue weighted by atomic mass is 79.9. The van der Waals surface area contributed by atoms with Gasteiger partial charge >= 0.3 is 0 Å². The molecule has 0 atom stereocenters. The SMILES string of the molecule is O=[N+]([O-])c1cc(Br)ccc1N1CCN(Cc2ccncc2)CC1. The van der Waals surface area contributed by atoms with E-state index in [2.05, 4.69) is 30.7 Å². The normalized spacial score (nSPS) is 15.6. The molecule has 2 heterocycles. The fraction of sp³-hybridized carbons (Fsp3) is 0.312. The van der Waals surface area contributed by atoms with Gasteiger partial charge in [0.25, 0.3) is 5.69 Å². The summed E-state index contributed by atoms with van der Waals surface area (Å²) in [6, 6.07) is 9.28. The van der Waals surface area contributed by atoms with Gasteiger partial charge in [-0.25, -0.2) is 0 Å². The molecule has 3 rings (SSSR count). The van der Waals surface area contributed by atoms with Crippen LogP contribution in [0.5, 0.6) is 0 Å². The number of rotatable bonds is 4. The Bertz CT molecular complexity index is 688. The average molecular weight is 377 g/mol. The van der Waals surface area contributed by atoms with E-state index in [0.29, 0.717) is 5.69 Å². The molecule has 0 bridgehead atoms. The minimum Gasteiger partial charge on any atom is -0.363 e. The lowest BCUT2D eigenvalue weighted by molar-refractivity contribution is -0.384. The molecule has 23 heavy (non-hydrogen) atoms. The van der Waals surface area contributed by atoms with Crippen molar-refractivity contribution >= 4 is 27.3 Å². The first kappa shape index (κ1) is 15.9. The molecule has 7 heteroatoms. The zero-order valence-electron chi connectivity index (χ0n) is 12.6. The molecule has 0 spiro atoms. The second kappa shape index (κ2) is 7.06. The first-order valence-electron chi connectivity index (χ1n) is 7.43. The zero-order valence-corrected chi connectivity index (χ0v) is 14.1. The largest absolute Gasteiger partial charge is 0.363 e. The molecule has 0 N–H and O–H groups in total. The Kier molecular flexibility index (Phi) is 4.88. The minimum absolute atomic E-state index is 0.155. The molecule has 1 saturated heterocycles. The summed E-state index contributed by atoms with van der Waals surface area (Å²) in [4.78, 5) is 19.4. The number of hydrogen-bond donors (Lipinski definition) is 0. The van der Waals surface area contributed by atoms with E-state index in [4.69, 9.17) is 0 Å². The molecule has 0 amide bonds. The molecular formula is C16H17BrN4O2. The van der Waals surface area contributed by atoms with Crippen LogP contribution in [0.4, 0.5) is 11.4 Å². The first-order chi connectivity index (χ1) is 11.1. The summed E-state index contributed by atoms with van der Waals surface area (Å²) < 4.78 is 0.726. The van der Waals surface area contributed by atoms with Gasteiger partial charge in [-0.1, -0.05) is 15.9 Å². The van der Waals surface area contributed by atoms with Crippen molar-refractivity contribution in [2.75, 3.05) is 31.1 Å². The van der Waals surface area contributed by atoms with Crippen LogP contribution >= 0.6 is 15.9 Å². The predicted octanol–water partition coefficient (Wildman–Crippen LogP) is 3.07. The van der Waals surface area contributed by atoms with Crippen LogP contribution in [0.25, 0.3) is 0 Å². The molecule has 1 aromatic carbocycles. The van der Waals surface area contributed by atoms with Crippen molar-refractivity contribution in [2.45, 2.75) is 6.54 Å². The number of hydrogen-bond acceptors (Lipinski definition) is 5. The number of anilines is 1. The Labute approximate surface area is 143 Å². The summed E-state index contributed by atoms with van der Waals surface area (Å²) in [5.41, 5.74) is 2.09. The summed E-state index contributed by atoms with van der Waals surface area (Å²) in [6.07, 6.45) is 3.60. The van der Waals surface area contributed by atoms with Gasteiger partial charge in [-0.15, -0.1) is 0 Å². The molecule has 0 aliphatic carbocycles. The van der Waals surface area contributed by atoms with Crippen LogP contribution in [0.3, 0.4) is 0 Å². The molecule has 1 aliphatic heterocycles. The molecule has 1 aliphatic rings. The fourth-order valence-electron chi connectivity index (χ4n) is 2.80. The molecule has 0 radical (unpaired) electrons. The zero-order chi connectivity index (χ0) is 16.2. The van der Waals surface area contributed by atoms with Gasteiger partial charge in [0.2, 0.25) is 0 Å². The van der Waals surface area contributed by atoms with Gasteiger partial charge in [-0.05, 0) is 29.8 Å². The van der Waals surface area contributed by atoms with E-state index in [9.17, 15) is 10.1 Å². The molecule has 0 saturated carbocycles. The molecule has 1 fully saturated rings. The van der Waals surface area contributed by atoms with Crippen molar-refractivity contribution in [3.63, 3.8) is 0 Å². The van der Waals surface area contributed by atoms with Crippen molar-refractivity contribution < 1.29 is 4.92 Å². The number of aromatic nitrogens is 1. The number of piperazine rings is 1. The van der Waals surface area contributed by atoms with Crippen LogP contribution in [-0.2, 0) is 6.54 Å². The summed E-state index contributed by atoms with van der Waals surface area (Å²) in [5, 5.41) is 11.3. The van der Waals surface area contributed by atoms with Crippen molar-refractivity contribution in [3.8, 4) is 0 Å². The maximum atomic E-state index is 11.3. The van der Waals surface area contributed by atoms with E-state index >= 15 is 0 Å². The Balaban J connectivity index is 1.66. The van der Waals surface area contributed by atoms with Crippen LogP contribution in [-0.4, -0.2) is 41.0 Å². The molecule has 0 unspecified atom stereocenters. The summed E-state index contributed by atoms with van der Waals surface area (Å²) in [7, 11) is 0. The van der Waals surface area contributed by atoms with Crippen LogP contribution in [0.2, 0.25) is 0 Å². The van der Waals surface area contributed by atoms with Crippen LogP contribution < -0.4 is 4.90 Å². The third kappa shape index (κ3) is 3.86. The van der Waals surface area contributed by atoms with E-state index in [1.54, 1.807) is 18.5 Å². The highest BCUT2D eigenvalue weighted by molar-refractivity contribution is 9.10. The average Bonchev–Trinajstić information content (AvgIpc) is 2.56. The summed E-state index contributed by atoms with van der Waals surface area (Å²) >= 11 is 3.30. The molecule has 1 aromatic heterocycles. The molecule has 6 nitrogen and oxygen atoms in total. The van der Waals surface area contributed by atoms with Gasteiger partial charge < -0.3 is 4.90 Å². The van der Waals surface area contributed by atoms with Crippen LogP contribution in [0.1, 0.15) is 5.56 Å². The van der Waals surface area contributed by atoms with Crippen LogP contribution in [0.15, 0.2) is 47.2 Å². The van der Waals surface area contributed by atoms with Gasteiger partial charge in [0.15, 0.2) is 0 Å². The van der Waals surface area contributed by atoms with Crippen molar-refractivity contribution in [1.82, 2.24) is 9.88 Å². The number of nitro benzene ring substituents is 1. The van der Waals surface area contributed by atoms with E-state index in [1.807, 2.05) is 24.3 Å². The minimum atomic E-state index is -0.316. The Morgan fingerprint density at radius 3 is 2.48 bits per heavy atom. The van der Waals surface area contributed by atoms with Gasteiger partial charge in [0.05, 0.1) is 4.92 Å². The highest BCUT2D eigenvalue weighted by Crippen LogP contribution is 2.31. The number of halogens is 1. The predicted molar refractivity (Wildman–Crippen MR) is 92.5 cm³/mol. The quantitative estimate of drug-likeness (QED) is 0.605. The Morgan fingerprint density at radius 1 is 1.13 bits per heavy atom. The van der Waals surface area contributed by atoms with Gasteiger partial charge in [-0.2, -0.15) is 0 Å². The van der Waals surface area contributed by atoms with Crippen molar-refractivity contribution in [1.29, 1.82) is 0 Å². The number of pyridine rings is 1. The standard InChI is InChI=1S/C16H17BrN4O2/c17-14-1-2-15(16(11-14)21(22)23)20-9-7-19(8-10-20)12-13-3-5-18-6-4-13/h1-6,11H,7-10,12H2. The number of nitrogens with zero attached hydrogens (tertiary/aromatic N) is 4. The van der Waals surface area contributed by atoms with Crippen LogP contribution in [0, 0.1) is 10.1 Å². The number of benzene rings is 1. The second-order valence-corrected chi connectivity index (χ2v) is 6.42. The van der Waals surface area contributed by atoms with E-state index < -0.39 is 0 Å². The smallest absolute Gasteiger partial charge is 0.293 e. The first-order valence-corrected chi connectivity index (χ1v) is 8.23. The topological polar surface area (TPSA) is 62.5 Å². The van der Waals surface area contributed by atoms with Gasteiger partial charge in [0.1, 0.15) is 5.69 Å². The fourth-order valence-corrected chi connectivity index (χ4v) is 3.15. The maximum absolute atomic E-state index is 11.3. The monoisotopic (exact) mass is 376 g/mol. The lowest BCUT2D eigenvalue weighted by Gasteiger charge is -2.35. The van der Waals surface area contributed by atoms with Gasteiger partial charge in [0, 0.05) is 55.7 Å². The molecule has 120 valence electrons. The van der Waals surface area contributed by atoms with Crippen molar-refractivity contribution in [2.24, 2.45) is 0 Å². The van der Waals surface area contributed by atoms with Gasteiger partial charge in [-0.3, -0.25) is 20.0 Å². The third-order valence-electron chi connectivity index (χ3n) is 4.00. The molecule has 2 aromatic rings. The van der Waals surface area contributed by atoms with Crippen molar-refractivity contribution in [3.05, 3.63) is 62.9 Å². The Hall–Kier alpha value is -1.99. The lowest BCUT2D eigenvalue weighted by Crippen LogP contribution is -2.46.